The second-order valence-electron chi connectivity index (χ2n) is 20.4. The van der Waals surface area contributed by atoms with E-state index < -0.39 is 0 Å². The van der Waals surface area contributed by atoms with Gasteiger partial charge in [-0.25, -0.2) is 0 Å². The van der Waals surface area contributed by atoms with Crippen molar-refractivity contribution in [3.05, 3.63) is 11.6 Å². The molecule has 5 aliphatic carbocycles. The molecule has 5 aliphatic rings. The van der Waals surface area contributed by atoms with Crippen LogP contribution >= 0.6 is 0 Å². The van der Waals surface area contributed by atoms with Crippen molar-refractivity contribution < 1.29 is 9.53 Å². The van der Waals surface area contributed by atoms with Crippen LogP contribution in [0.2, 0.25) is 0 Å². The summed E-state index contributed by atoms with van der Waals surface area (Å²) in [6, 6.07) is 0. The predicted octanol–water partition coefficient (Wildman–Crippen LogP) is 14.2. The van der Waals surface area contributed by atoms with Crippen LogP contribution in [0.3, 0.4) is 0 Å². The molecule has 5 rings (SSSR count). The van der Waals surface area contributed by atoms with E-state index in [1.165, 1.54) is 135 Å². The van der Waals surface area contributed by atoms with E-state index >= 15 is 0 Å². The minimum absolute atomic E-state index is 0.0312. The first-order valence-corrected chi connectivity index (χ1v) is 21.6. The first kappa shape index (κ1) is 38.4. The lowest BCUT2D eigenvalue weighted by molar-refractivity contribution is -0.214. The Morgan fingerprint density at radius 3 is 1.90 bits per heavy atom. The zero-order valence-electron chi connectivity index (χ0n) is 33.7. The maximum Gasteiger partial charge on any atom is 0.306 e. The van der Waals surface area contributed by atoms with E-state index in [0.717, 1.165) is 24.7 Å². The first-order chi connectivity index (χ1) is 22.7. The van der Waals surface area contributed by atoms with Crippen molar-refractivity contribution in [1.29, 1.82) is 0 Å². The lowest BCUT2D eigenvalue weighted by atomic mass is 9.33. The number of hydrogen-bond acceptors (Lipinski definition) is 2. The molecule has 0 aliphatic heterocycles. The maximum atomic E-state index is 13.2. The zero-order valence-corrected chi connectivity index (χ0v) is 33.7. The number of esters is 1. The number of carbonyl (C=O) groups excluding carboxylic acids is 1. The van der Waals surface area contributed by atoms with Crippen molar-refractivity contribution in [2.24, 2.45) is 50.2 Å². The third-order valence-corrected chi connectivity index (χ3v) is 17.3. The number of carbonyl (C=O) groups is 1. The van der Waals surface area contributed by atoms with E-state index in [1.54, 1.807) is 0 Å². The molecule has 0 aromatic heterocycles. The van der Waals surface area contributed by atoms with Gasteiger partial charge in [-0.1, -0.05) is 157 Å². The minimum atomic E-state index is 0.0312. The fraction of sp³-hybridized carbons (Fsp3) is 0.935. The van der Waals surface area contributed by atoms with Gasteiger partial charge in [0.15, 0.2) is 0 Å². The van der Waals surface area contributed by atoms with Gasteiger partial charge in [0, 0.05) is 11.8 Å². The van der Waals surface area contributed by atoms with E-state index in [-0.39, 0.29) is 17.5 Å². The highest BCUT2D eigenvalue weighted by Gasteiger charge is 2.68. The Morgan fingerprint density at radius 2 is 1.27 bits per heavy atom. The van der Waals surface area contributed by atoms with Crippen LogP contribution in [0, 0.1) is 50.2 Å². The first-order valence-electron chi connectivity index (χ1n) is 21.6. The molecule has 0 heterocycles. The molecule has 3 unspecified atom stereocenters. The largest absolute Gasteiger partial charge is 0.462 e. The lowest BCUT2D eigenvalue weighted by Gasteiger charge is -2.72. The Bertz CT molecular complexity index is 1120. The summed E-state index contributed by atoms with van der Waals surface area (Å²) in [4.78, 5) is 13.2. The summed E-state index contributed by atoms with van der Waals surface area (Å²) in [6.45, 7) is 23.2. The Hall–Kier alpha value is -0.790. The molecule has 0 saturated heterocycles. The SMILES string of the molecule is CCCCCCCCCCCCCCCC(=O)O[C@H]1CC[C@@]2(C)C(CC[C@]3(C)C2CC=C2C4CCCC(C)(C)[C@@]4(C)CC[C@]23C)C1(C)C. The standard InChI is InChI=1S/C46H80O2/c1-10-11-12-13-14-15-16-17-18-19-20-21-22-25-40(47)48-39-29-31-43(6)37(42(39,4)5)28-32-46(9)38(43)27-26-36-35-24-23-30-41(2,3)44(35,7)33-34-45(36,46)8/h26,35,37-39H,10-25,27-34H2,1-9H3/t35?,37?,38?,39-,43-,44-,45+,46+/m0/s1. The Kier molecular flexibility index (Phi) is 12.1. The molecule has 2 nitrogen and oxygen atoms in total. The van der Waals surface area contributed by atoms with Gasteiger partial charge in [0.25, 0.3) is 0 Å². The average molecular weight is 665 g/mol. The molecular weight excluding hydrogens is 585 g/mol. The van der Waals surface area contributed by atoms with Gasteiger partial charge in [0.05, 0.1) is 0 Å². The fourth-order valence-corrected chi connectivity index (χ4v) is 13.5. The summed E-state index contributed by atoms with van der Waals surface area (Å²) >= 11 is 0. The maximum absolute atomic E-state index is 13.2. The van der Waals surface area contributed by atoms with Crippen molar-refractivity contribution in [2.75, 3.05) is 0 Å². The van der Waals surface area contributed by atoms with Gasteiger partial charge in [-0.05, 0) is 109 Å². The van der Waals surface area contributed by atoms with Crippen LogP contribution in [0.4, 0.5) is 0 Å². The number of fused-ring (bicyclic) bond motifs is 7. The monoisotopic (exact) mass is 665 g/mol. The normalized spacial score (nSPS) is 39.7. The van der Waals surface area contributed by atoms with Crippen LogP contribution in [-0.4, -0.2) is 12.1 Å². The highest BCUT2D eigenvalue weighted by molar-refractivity contribution is 5.69. The summed E-state index contributed by atoms with van der Waals surface area (Å²) < 4.78 is 6.41. The average Bonchev–Trinajstić information content (AvgIpc) is 3.02. The van der Waals surface area contributed by atoms with Crippen molar-refractivity contribution in [2.45, 2.75) is 223 Å². The van der Waals surface area contributed by atoms with E-state index in [2.05, 4.69) is 68.4 Å². The molecule has 8 atom stereocenters. The van der Waals surface area contributed by atoms with E-state index in [4.69, 9.17) is 4.74 Å². The molecule has 0 spiro atoms. The van der Waals surface area contributed by atoms with Crippen LogP contribution in [0.1, 0.15) is 216 Å². The van der Waals surface area contributed by atoms with Gasteiger partial charge in [-0.3, -0.25) is 4.79 Å². The molecule has 4 saturated carbocycles. The van der Waals surface area contributed by atoms with Gasteiger partial charge >= 0.3 is 5.97 Å². The lowest BCUT2D eigenvalue weighted by Crippen LogP contribution is -2.65. The minimum Gasteiger partial charge on any atom is -0.462 e. The Balaban J connectivity index is 1.12. The van der Waals surface area contributed by atoms with Crippen molar-refractivity contribution in [3.63, 3.8) is 0 Å². The topological polar surface area (TPSA) is 26.3 Å². The summed E-state index contributed by atoms with van der Waals surface area (Å²) in [5, 5.41) is 0. The number of rotatable bonds is 15. The van der Waals surface area contributed by atoms with Gasteiger partial charge in [-0.15, -0.1) is 0 Å². The third kappa shape index (κ3) is 6.89. The second kappa shape index (κ2) is 15.1. The molecule has 0 radical (unpaired) electrons. The number of allylic oxidation sites excluding steroid dienone is 2. The summed E-state index contributed by atoms with van der Waals surface area (Å²) in [5.41, 5.74) is 3.78. The molecular formula is C46H80O2. The smallest absolute Gasteiger partial charge is 0.306 e. The fourth-order valence-electron chi connectivity index (χ4n) is 13.5. The van der Waals surface area contributed by atoms with Crippen molar-refractivity contribution in [3.8, 4) is 0 Å². The molecule has 0 aromatic carbocycles. The Labute approximate surface area is 299 Å². The molecule has 276 valence electrons. The summed E-state index contributed by atoms with van der Waals surface area (Å²) in [7, 11) is 0. The van der Waals surface area contributed by atoms with Crippen molar-refractivity contribution in [1.82, 2.24) is 0 Å². The van der Waals surface area contributed by atoms with Crippen LogP contribution in [-0.2, 0) is 9.53 Å². The van der Waals surface area contributed by atoms with Crippen LogP contribution in [0.5, 0.6) is 0 Å². The quantitative estimate of drug-likeness (QED) is 0.0989. The van der Waals surface area contributed by atoms with Gasteiger partial charge in [0.1, 0.15) is 6.10 Å². The van der Waals surface area contributed by atoms with Crippen LogP contribution in [0.15, 0.2) is 11.6 Å². The van der Waals surface area contributed by atoms with E-state index in [9.17, 15) is 4.79 Å². The molecule has 0 aromatic rings. The highest BCUT2D eigenvalue weighted by Crippen LogP contribution is 2.76. The number of unbranched alkanes of at least 4 members (excludes halogenated alkanes) is 12. The van der Waals surface area contributed by atoms with Crippen LogP contribution in [0.25, 0.3) is 0 Å². The summed E-state index contributed by atoms with van der Waals surface area (Å²) in [5.74, 6) is 2.18. The number of ether oxygens (including phenoxy) is 1. The molecule has 2 heteroatoms. The summed E-state index contributed by atoms with van der Waals surface area (Å²) in [6.07, 6.45) is 34.0. The molecule has 0 N–H and O–H groups in total. The van der Waals surface area contributed by atoms with Crippen LogP contribution < -0.4 is 0 Å². The zero-order chi connectivity index (χ0) is 34.8. The molecule has 0 bridgehead atoms. The van der Waals surface area contributed by atoms with Gasteiger partial charge in [-0.2, -0.15) is 0 Å². The highest BCUT2D eigenvalue weighted by atomic mass is 16.5. The van der Waals surface area contributed by atoms with E-state index in [0.29, 0.717) is 39.4 Å². The third-order valence-electron chi connectivity index (χ3n) is 17.3. The van der Waals surface area contributed by atoms with Gasteiger partial charge < -0.3 is 4.74 Å². The van der Waals surface area contributed by atoms with Crippen molar-refractivity contribution >= 4 is 5.97 Å². The second-order valence-corrected chi connectivity index (χ2v) is 20.4. The van der Waals surface area contributed by atoms with E-state index in [1.807, 2.05) is 5.57 Å². The predicted molar refractivity (Wildman–Crippen MR) is 205 cm³/mol. The molecule has 48 heavy (non-hydrogen) atoms. The van der Waals surface area contributed by atoms with Gasteiger partial charge in [0.2, 0.25) is 0 Å². The molecule has 4 fully saturated rings. The Morgan fingerprint density at radius 1 is 0.667 bits per heavy atom. The molecule has 0 amide bonds. The number of hydrogen-bond donors (Lipinski definition) is 0.